The topological polar surface area (TPSA) is 55.1 Å². The van der Waals surface area contributed by atoms with Crippen LogP contribution < -0.4 is 11.1 Å². The Morgan fingerprint density at radius 1 is 1.50 bits per heavy atom. The highest BCUT2D eigenvalue weighted by molar-refractivity contribution is 5.93. The Bertz CT molecular complexity index is 559. The first kappa shape index (κ1) is 14.5. The molecule has 0 radical (unpaired) electrons. The number of hydrogen-bond donors (Lipinski definition) is 2. The standard InChI is InChI=1S/C16H19FN2O/c1-11-4-2-6-14(11)16(20)19-13-7-8-15(17)12(10-13)5-3-9-18/h7-8,10-11,14H,2,4,6,9,18H2,1H3,(H,19,20). The van der Waals surface area contributed by atoms with Crippen molar-refractivity contribution in [2.24, 2.45) is 17.6 Å². The molecule has 1 saturated carbocycles. The summed E-state index contributed by atoms with van der Waals surface area (Å²) in [4.78, 5) is 12.2. The Morgan fingerprint density at radius 3 is 2.95 bits per heavy atom. The number of hydrogen-bond acceptors (Lipinski definition) is 2. The molecular formula is C16H19FN2O. The molecule has 3 nitrogen and oxygen atoms in total. The van der Waals surface area contributed by atoms with Crippen molar-refractivity contribution in [3.05, 3.63) is 29.6 Å². The summed E-state index contributed by atoms with van der Waals surface area (Å²) >= 11 is 0. The van der Waals surface area contributed by atoms with E-state index in [1.54, 1.807) is 12.1 Å². The van der Waals surface area contributed by atoms with Crippen LogP contribution >= 0.6 is 0 Å². The number of rotatable bonds is 2. The van der Waals surface area contributed by atoms with Crippen molar-refractivity contribution < 1.29 is 9.18 Å². The van der Waals surface area contributed by atoms with Crippen LogP contribution in [-0.4, -0.2) is 12.5 Å². The van der Waals surface area contributed by atoms with Crippen molar-refractivity contribution >= 4 is 11.6 Å². The molecule has 2 rings (SSSR count). The van der Waals surface area contributed by atoms with Gasteiger partial charge in [-0.3, -0.25) is 4.79 Å². The van der Waals surface area contributed by atoms with Crippen molar-refractivity contribution in [1.29, 1.82) is 0 Å². The van der Waals surface area contributed by atoms with E-state index in [0.717, 1.165) is 19.3 Å². The first-order valence-electron chi connectivity index (χ1n) is 6.91. The lowest BCUT2D eigenvalue weighted by atomic mass is 9.97. The van der Waals surface area contributed by atoms with Gasteiger partial charge in [-0.2, -0.15) is 0 Å². The van der Waals surface area contributed by atoms with E-state index in [0.29, 0.717) is 11.6 Å². The zero-order valence-corrected chi connectivity index (χ0v) is 11.6. The zero-order chi connectivity index (χ0) is 14.5. The summed E-state index contributed by atoms with van der Waals surface area (Å²) in [5, 5.41) is 2.85. The molecule has 106 valence electrons. The van der Waals surface area contributed by atoms with Gasteiger partial charge in [0.1, 0.15) is 5.82 Å². The fourth-order valence-corrected chi connectivity index (χ4v) is 2.61. The number of nitrogens with two attached hydrogens (primary N) is 1. The van der Waals surface area contributed by atoms with Crippen molar-refractivity contribution in [3.8, 4) is 11.8 Å². The van der Waals surface area contributed by atoms with E-state index in [4.69, 9.17) is 5.73 Å². The van der Waals surface area contributed by atoms with E-state index in [2.05, 4.69) is 24.1 Å². The molecule has 1 aromatic carbocycles. The molecule has 1 amide bonds. The van der Waals surface area contributed by atoms with Gasteiger partial charge < -0.3 is 11.1 Å². The van der Waals surface area contributed by atoms with Crippen LogP contribution in [0, 0.1) is 29.5 Å². The highest BCUT2D eigenvalue weighted by Gasteiger charge is 2.29. The number of anilines is 1. The Balaban J connectivity index is 2.11. The maximum absolute atomic E-state index is 13.5. The van der Waals surface area contributed by atoms with Crippen LogP contribution in [0.2, 0.25) is 0 Å². The second kappa shape index (κ2) is 6.53. The minimum absolute atomic E-state index is 0.0133. The average molecular weight is 274 g/mol. The molecule has 0 bridgehead atoms. The molecule has 1 aliphatic carbocycles. The van der Waals surface area contributed by atoms with Crippen LogP contribution in [0.15, 0.2) is 18.2 Å². The fourth-order valence-electron chi connectivity index (χ4n) is 2.61. The van der Waals surface area contributed by atoms with Gasteiger partial charge in [-0.15, -0.1) is 0 Å². The Morgan fingerprint density at radius 2 is 2.30 bits per heavy atom. The maximum atomic E-state index is 13.5. The van der Waals surface area contributed by atoms with Gasteiger partial charge in [0.2, 0.25) is 5.91 Å². The van der Waals surface area contributed by atoms with E-state index in [1.165, 1.54) is 6.07 Å². The fraction of sp³-hybridized carbons (Fsp3) is 0.438. The normalized spacial score (nSPS) is 21.1. The number of nitrogens with one attached hydrogen (secondary N) is 1. The van der Waals surface area contributed by atoms with Gasteiger partial charge in [-0.05, 0) is 37.0 Å². The van der Waals surface area contributed by atoms with Gasteiger partial charge in [0.15, 0.2) is 0 Å². The van der Waals surface area contributed by atoms with Crippen molar-refractivity contribution in [2.45, 2.75) is 26.2 Å². The smallest absolute Gasteiger partial charge is 0.227 e. The maximum Gasteiger partial charge on any atom is 0.227 e. The summed E-state index contributed by atoms with van der Waals surface area (Å²) in [5.41, 5.74) is 6.11. The third-order valence-corrected chi connectivity index (χ3v) is 3.76. The van der Waals surface area contributed by atoms with Crippen molar-refractivity contribution in [1.82, 2.24) is 0 Å². The first-order valence-corrected chi connectivity index (χ1v) is 6.91. The summed E-state index contributed by atoms with van der Waals surface area (Å²) in [6.45, 7) is 2.27. The number of benzene rings is 1. The summed E-state index contributed by atoms with van der Waals surface area (Å²) in [6, 6.07) is 4.42. The minimum Gasteiger partial charge on any atom is -0.326 e. The van der Waals surface area contributed by atoms with Gasteiger partial charge >= 0.3 is 0 Å². The van der Waals surface area contributed by atoms with Crippen molar-refractivity contribution in [3.63, 3.8) is 0 Å². The monoisotopic (exact) mass is 274 g/mol. The van der Waals surface area contributed by atoms with Crippen LogP contribution in [0.1, 0.15) is 31.7 Å². The van der Waals surface area contributed by atoms with Crippen molar-refractivity contribution in [2.75, 3.05) is 11.9 Å². The predicted molar refractivity (Wildman–Crippen MR) is 77.5 cm³/mol. The van der Waals surface area contributed by atoms with Crippen LogP contribution in [0.5, 0.6) is 0 Å². The number of halogens is 1. The Hall–Kier alpha value is -1.86. The highest BCUT2D eigenvalue weighted by Crippen LogP contribution is 2.32. The summed E-state index contributed by atoms with van der Waals surface area (Å²) in [6.07, 6.45) is 3.11. The SMILES string of the molecule is CC1CCCC1C(=O)Nc1ccc(F)c(C#CCN)c1. The second-order valence-electron chi connectivity index (χ2n) is 5.20. The van der Waals surface area contributed by atoms with Gasteiger partial charge in [-0.25, -0.2) is 4.39 Å². The molecule has 1 aromatic rings. The number of amides is 1. The Labute approximate surface area is 118 Å². The molecule has 0 heterocycles. The largest absolute Gasteiger partial charge is 0.326 e. The van der Waals surface area contributed by atoms with E-state index >= 15 is 0 Å². The number of carbonyl (C=O) groups is 1. The molecule has 2 unspecified atom stereocenters. The molecule has 1 fully saturated rings. The molecule has 0 aromatic heterocycles. The van der Waals surface area contributed by atoms with Crippen LogP contribution in [0.25, 0.3) is 0 Å². The predicted octanol–water partition coefficient (Wildman–Crippen LogP) is 2.51. The quantitative estimate of drug-likeness (QED) is 0.814. The van der Waals surface area contributed by atoms with Gasteiger partial charge in [-0.1, -0.05) is 25.2 Å². The number of carbonyl (C=O) groups excluding carboxylic acids is 1. The second-order valence-corrected chi connectivity index (χ2v) is 5.20. The molecular weight excluding hydrogens is 255 g/mol. The minimum atomic E-state index is -0.404. The molecule has 20 heavy (non-hydrogen) atoms. The molecule has 0 saturated heterocycles. The lowest BCUT2D eigenvalue weighted by molar-refractivity contribution is -0.120. The summed E-state index contributed by atoms with van der Waals surface area (Å²) in [7, 11) is 0. The van der Waals surface area contributed by atoms with Gasteiger partial charge in [0.05, 0.1) is 12.1 Å². The van der Waals surface area contributed by atoms with Gasteiger partial charge in [0, 0.05) is 11.6 Å². The van der Waals surface area contributed by atoms with E-state index in [9.17, 15) is 9.18 Å². The molecule has 3 N–H and O–H groups in total. The first-order chi connectivity index (χ1) is 9.61. The molecule has 0 spiro atoms. The third-order valence-electron chi connectivity index (χ3n) is 3.76. The highest BCUT2D eigenvalue weighted by atomic mass is 19.1. The third kappa shape index (κ3) is 3.37. The van der Waals surface area contributed by atoms with E-state index in [-0.39, 0.29) is 23.9 Å². The molecule has 2 atom stereocenters. The van der Waals surface area contributed by atoms with Crippen LogP contribution in [0.4, 0.5) is 10.1 Å². The summed E-state index contributed by atoms with van der Waals surface area (Å²) in [5.74, 6) is 5.35. The lowest BCUT2D eigenvalue weighted by Gasteiger charge is -2.15. The van der Waals surface area contributed by atoms with Crippen LogP contribution in [0.3, 0.4) is 0 Å². The van der Waals surface area contributed by atoms with E-state index in [1.807, 2.05) is 0 Å². The van der Waals surface area contributed by atoms with E-state index < -0.39 is 5.82 Å². The Kier molecular flexibility index (Phi) is 4.75. The lowest BCUT2D eigenvalue weighted by Crippen LogP contribution is -2.24. The van der Waals surface area contributed by atoms with Gasteiger partial charge in [0.25, 0.3) is 0 Å². The zero-order valence-electron chi connectivity index (χ0n) is 11.6. The van der Waals surface area contributed by atoms with Crippen LogP contribution in [-0.2, 0) is 4.79 Å². The summed E-state index contributed by atoms with van der Waals surface area (Å²) < 4.78 is 13.5. The molecule has 0 aliphatic heterocycles. The molecule has 4 heteroatoms. The molecule has 1 aliphatic rings. The average Bonchev–Trinajstić information content (AvgIpc) is 2.85.